The van der Waals surface area contributed by atoms with E-state index in [1.54, 1.807) is 11.3 Å². The molecule has 1 aromatic heterocycles. The highest BCUT2D eigenvalue weighted by Gasteiger charge is 2.00. The average molecular weight is 188 g/mol. The van der Waals surface area contributed by atoms with Crippen LogP contribution in [-0.4, -0.2) is 16.8 Å². The van der Waals surface area contributed by atoms with Gasteiger partial charge in [-0.05, 0) is 13.0 Å². The normalized spacial score (nSPS) is 9.91. The van der Waals surface area contributed by atoms with Gasteiger partial charge in [-0.1, -0.05) is 0 Å². The van der Waals surface area contributed by atoms with Gasteiger partial charge in [-0.25, -0.2) is 0 Å². The van der Waals surface area contributed by atoms with Gasteiger partial charge in [0.15, 0.2) is 0 Å². The average Bonchev–Trinajstić information content (AvgIpc) is 2.31. The number of aryl methyl sites for hydroxylation is 1. The summed E-state index contributed by atoms with van der Waals surface area (Å²) in [6.07, 6.45) is 0. The number of carbonyl (C=O) groups is 1. The molecule has 0 atom stereocenters. The molecule has 4 heteroatoms. The molecule has 0 saturated heterocycles. The Kier molecular flexibility index (Phi) is 2.96. The minimum Gasteiger partial charge on any atom is -0.481 e. The Balaban J connectivity index is 2.45. The number of thioether (sulfide) groups is 1. The van der Waals surface area contributed by atoms with Crippen LogP contribution >= 0.6 is 23.1 Å². The highest BCUT2D eigenvalue weighted by atomic mass is 32.2. The first-order valence-corrected chi connectivity index (χ1v) is 4.95. The van der Waals surface area contributed by atoms with Crippen LogP contribution in [0.15, 0.2) is 16.3 Å². The molecule has 0 aliphatic carbocycles. The molecule has 1 N–H and O–H groups in total. The van der Waals surface area contributed by atoms with E-state index in [0.29, 0.717) is 0 Å². The monoisotopic (exact) mass is 188 g/mol. The van der Waals surface area contributed by atoms with Gasteiger partial charge in [-0.15, -0.1) is 23.1 Å². The van der Waals surface area contributed by atoms with E-state index in [2.05, 4.69) is 0 Å². The maximum Gasteiger partial charge on any atom is 0.313 e. The maximum atomic E-state index is 10.2. The Morgan fingerprint density at radius 1 is 1.82 bits per heavy atom. The zero-order chi connectivity index (χ0) is 8.27. The molecule has 2 nitrogen and oxygen atoms in total. The van der Waals surface area contributed by atoms with Gasteiger partial charge in [0.1, 0.15) is 0 Å². The highest BCUT2D eigenvalue weighted by molar-refractivity contribution is 8.00. The van der Waals surface area contributed by atoms with Gasteiger partial charge in [0.25, 0.3) is 0 Å². The van der Waals surface area contributed by atoms with Crippen LogP contribution in [0.1, 0.15) is 4.88 Å². The van der Waals surface area contributed by atoms with E-state index in [1.165, 1.54) is 16.6 Å². The van der Waals surface area contributed by atoms with E-state index < -0.39 is 5.97 Å². The Bertz CT molecular complexity index is 255. The molecule has 0 unspecified atom stereocenters. The van der Waals surface area contributed by atoms with Crippen LogP contribution in [-0.2, 0) is 4.79 Å². The van der Waals surface area contributed by atoms with Crippen molar-refractivity contribution in [2.45, 2.75) is 11.8 Å². The number of thiophene rings is 1. The highest BCUT2D eigenvalue weighted by Crippen LogP contribution is 2.23. The summed E-state index contributed by atoms with van der Waals surface area (Å²) in [5.41, 5.74) is 0. The summed E-state index contributed by atoms with van der Waals surface area (Å²) in [6.45, 7) is 2.01. The fourth-order valence-corrected chi connectivity index (χ4v) is 2.25. The predicted octanol–water partition coefficient (Wildman–Crippen LogP) is 2.23. The number of aliphatic carboxylic acids is 1. The predicted molar refractivity (Wildman–Crippen MR) is 47.4 cm³/mol. The van der Waals surface area contributed by atoms with Crippen molar-refractivity contribution in [2.24, 2.45) is 0 Å². The van der Waals surface area contributed by atoms with Crippen LogP contribution in [0.4, 0.5) is 0 Å². The van der Waals surface area contributed by atoms with Crippen molar-refractivity contribution in [3.8, 4) is 0 Å². The first-order valence-electron chi connectivity index (χ1n) is 3.08. The van der Waals surface area contributed by atoms with Crippen molar-refractivity contribution in [2.75, 3.05) is 5.75 Å². The lowest BCUT2D eigenvalue weighted by molar-refractivity contribution is -0.133. The summed E-state index contributed by atoms with van der Waals surface area (Å²) >= 11 is 3.00. The van der Waals surface area contributed by atoms with Crippen LogP contribution in [0, 0.1) is 6.92 Å². The van der Waals surface area contributed by atoms with Gasteiger partial charge < -0.3 is 5.11 Å². The standard InChI is InChI=1S/C7H8O2S2/c1-5-2-6(3-10-5)11-4-7(8)9/h2-3H,4H2,1H3,(H,8,9). The molecule has 0 aliphatic heterocycles. The maximum absolute atomic E-state index is 10.2. The quantitative estimate of drug-likeness (QED) is 0.739. The number of hydrogen-bond acceptors (Lipinski definition) is 3. The number of hydrogen-bond donors (Lipinski definition) is 1. The molecule has 0 spiro atoms. The fourth-order valence-electron chi connectivity index (χ4n) is 0.640. The summed E-state index contributed by atoms with van der Waals surface area (Å²) in [6, 6.07) is 2.00. The summed E-state index contributed by atoms with van der Waals surface area (Å²) in [4.78, 5) is 12.4. The zero-order valence-electron chi connectivity index (χ0n) is 6.03. The van der Waals surface area contributed by atoms with Gasteiger partial charge in [0.2, 0.25) is 0 Å². The third-order valence-corrected chi connectivity index (χ3v) is 3.04. The second kappa shape index (κ2) is 3.78. The number of carboxylic acids is 1. The lowest BCUT2D eigenvalue weighted by Crippen LogP contribution is -1.96. The van der Waals surface area contributed by atoms with Crippen molar-refractivity contribution >= 4 is 29.1 Å². The molecule has 60 valence electrons. The van der Waals surface area contributed by atoms with Crippen LogP contribution in [0.25, 0.3) is 0 Å². The molecule has 11 heavy (non-hydrogen) atoms. The van der Waals surface area contributed by atoms with Crippen molar-refractivity contribution in [1.82, 2.24) is 0 Å². The Labute approximate surface area is 73.2 Å². The molecule has 0 aromatic carbocycles. The SMILES string of the molecule is Cc1cc(SCC(=O)O)cs1. The van der Waals surface area contributed by atoms with Crippen molar-refractivity contribution < 1.29 is 9.90 Å². The molecule has 0 fully saturated rings. The van der Waals surface area contributed by atoms with E-state index in [4.69, 9.17) is 5.11 Å². The van der Waals surface area contributed by atoms with E-state index in [1.807, 2.05) is 18.4 Å². The molecule has 0 aliphatic rings. The minimum atomic E-state index is -0.765. The summed E-state index contributed by atoms with van der Waals surface area (Å²) in [5.74, 6) is -0.616. The fraction of sp³-hybridized carbons (Fsp3) is 0.286. The Morgan fingerprint density at radius 3 is 3.00 bits per heavy atom. The van der Waals surface area contributed by atoms with Crippen molar-refractivity contribution in [3.63, 3.8) is 0 Å². The second-order valence-electron chi connectivity index (χ2n) is 2.08. The summed E-state index contributed by atoms with van der Waals surface area (Å²) in [5, 5.41) is 10.3. The molecular formula is C7H8O2S2. The second-order valence-corrected chi connectivity index (χ2v) is 4.24. The lowest BCUT2D eigenvalue weighted by atomic mass is 10.5. The molecule has 1 aromatic rings. The number of rotatable bonds is 3. The van der Waals surface area contributed by atoms with Gasteiger partial charge in [0, 0.05) is 15.2 Å². The van der Waals surface area contributed by atoms with Crippen molar-refractivity contribution in [1.29, 1.82) is 0 Å². The lowest BCUT2D eigenvalue weighted by Gasteiger charge is -1.90. The van der Waals surface area contributed by atoms with Gasteiger partial charge in [-0.3, -0.25) is 4.79 Å². The van der Waals surface area contributed by atoms with Crippen LogP contribution in [0.3, 0.4) is 0 Å². The molecule has 1 heterocycles. The summed E-state index contributed by atoms with van der Waals surface area (Å²) < 4.78 is 0. The van der Waals surface area contributed by atoms with Crippen LogP contribution in [0.5, 0.6) is 0 Å². The Hall–Kier alpha value is -0.480. The molecule has 0 radical (unpaired) electrons. The molecule has 0 saturated carbocycles. The molecule has 0 amide bonds. The third-order valence-electron chi connectivity index (χ3n) is 1.07. The molecule has 1 rings (SSSR count). The van der Waals surface area contributed by atoms with E-state index >= 15 is 0 Å². The van der Waals surface area contributed by atoms with Gasteiger partial charge in [-0.2, -0.15) is 0 Å². The van der Waals surface area contributed by atoms with Crippen LogP contribution in [0.2, 0.25) is 0 Å². The molecule has 0 bridgehead atoms. The van der Waals surface area contributed by atoms with Gasteiger partial charge in [0.05, 0.1) is 5.75 Å². The smallest absolute Gasteiger partial charge is 0.313 e. The first kappa shape index (κ1) is 8.62. The Morgan fingerprint density at radius 2 is 2.55 bits per heavy atom. The largest absolute Gasteiger partial charge is 0.481 e. The third kappa shape index (κ3) is 2.95. The zero-order valence-corrected chi connectivity index (χ0v) is 7.67. The van der Waals surface area contributed by atoms with E-state index in [9.17, 15) is 4.79 Å². The minimum absolute atomic E-state index is 0.149. The van der Waals surface area contributed by atoms with Crippen LogP contribution < -0.4 is 0 Å². The molecular weight excluding hydrogens is 180 g/mol. The van der Waals surface area contributed by atoms with E-state index in [0.717, 1.165) is 4.90 Å². The van der Waals surface area contributed by atoms with Gasteiger partial charge >= 0.3 is 5.97 Å². The van der Waals surface area contributed by atoms with Crippen molar-refractivity contribution in [3.05, 3.63) is 16.3 Å². The number of carboxylic acid groups (broad SMARTS) is 1. The summed E-state index contributed by atoms with van der Waals surface area (Å²) in [7, 11) is 0. The van der Waals surface area contributed by atoms with E-state index in [-0.39, 0.29) is 5.75 Å². The first-order chi connectivity index (χ1) is 5.18. The topological polar surface area (TPSA) is 37.3 Å².